The molecule has 6 nitrogen and oxygen atoms in total. The average molecular weight is 342 g/mol. The summed E-state index contributed by atoms with van der Waals surface area (Å²) in [6.07, 6.45) is -0.390. The number of hydrogen-bond donors (Lipinski definition) is 3. The summed E-state index contributed by atoms with van der Waals surface area (Å²) in [6, 6.07) is -0.163. The Bertz CT molecular complexity index is 429. The molecule has 2 aliphatic heterocycles. The molecule has 0 aromatic heterocycles. The summed E-state index contributed by atoms with van der Waals surface area (Å²) in [4.78, 5) is 16.3. The third-order valence-electron chi connectivity index (χ3n) is 5.38. The van der Waals surface area contributed by atoms with E-state index in [1.54, 1.807) is 0 Å². The Labute approximate surface area is 145 Å². The Hall–Kier alpha value is -0.690. The van der Waals surface area contributed by atoms with Gasteiger partial charge >= 0.3 is 0 Å². The highest BCUT2D eigenvalue weighted by molar-refractivity contribution is 5.76. The Kier molecular flexibility index (Phi) is 6.29. The Morgan fingerprint density at radius 3 is 2.21 bits per heavy atom. The van der Waals surface area contributed by atoms with E-state index in [0.717, 1.165) is 32.5 Å². The lowest BCUT2D eigenvalue weighted by Crippen LogP contribution is -2.61. The van der Waals surface area contributed by atoms with Crippen LogP contribution in [0.1, 0.15) is 47.0 Å². The van der Waals surface area contributed by atoms with Crippen LogP contribution in [0.15, 0.2) is 0 Å². The largest absolute Gasteiger partial charge is 0.389 e. The molecule has 0 aromatic rings. The summed E-state index contributed by atoms with van der Waals surface area (Å²) in [6.45, 7) is 10.9. The van der Waals surface area contributed by atoms with E-state index in [0.29, 0.717) is 18.9 Å². The molecular formula is C18H34N2O4. The quantitative estimate of drug-likeness (QED) is 0.693. The molecule has 0 aromatic carbocycles. The highest BCUT2D eigenvalue weighted by Gasteiger charge is 2.39. The van der Waals surface area contributed by atoms with Gasteiger partial charge in [0.25, 0.3) is 0 Å². The number of rotatable bonds is 3. The summed E-state index contributed by atoms with van der Waals surface area (Å²) in [7, 11) is 0. The number of β-amino-alcohol motifs (C(OH)–C–C–N with tert-alkyl or cyclic N) is 1. The van der Waals surface area contributed by atoms with Gasteiger partial charge in [-0.25, -0.2) is 0 Å². The molecule has 3 N–H and O–H groups in total. The third kappa shape index (κ3) is 4.91. The summed E-state index contributed by atoms with van der Waals surface area (Å²) in [5, 5.41) is 29.7. The topological polar surface area (TPSA) is 84.2 Å². The minimum atomic E-state index is -1.06. The maximum Gasteiger partial charge on any atom is 0.223 e. The molecule has 24 heavy (non-hydrogen) atoms. The van der Waals surface area contributed by atoms with E-state index in [2.05, 4.69) is 25.7 Å². The molecule has 0 saturated carbocycles. The smallest absolute Gasteiger partial charge is 0.223 e. The van der Waals surface area contributed by atoms with Crippen molar-refractivity contribution in [1.82, 2.24) is 9.80 Å². The standard InChI is InChI=1S/C18H34N2O4/c1-12-16(23)17(24)14(21)11-20(12)10-13-5-7-19(8-6-13)15(22)9-18(2,3)4/h12-14,16-17,21,23-24H,5-11H2,1-4H3/t12-,14+,16-,17-/m1/s1. The Balaban J connectivity index is 1.82. The summed E-state index contributed by atoms with van der Waals surface area (Å²) in [5.74, 6) is 0.696. The van der Waals surface area contributed by atoms with Gasteiger partial charge in [0.05, 0.1) is 12.2 Å². The molecule has 1 amide bonds. The van der Waals surface area contributed by atoms with E-state index >= 15 is 0 Å². The second-order valence-electron chi connectivity index (χ2n) is 8.80. The predicted octanol–water partition coefficient (Wildman–Crippen LogP) is 0.448. The van der Waals surface area contributed by atoms with Crippen molar-refractivity contribution in [3.8, 4) is 0 Å². The van der Waals surface area contributed by atoms with Crippen molar-refractivity contribution < 1.29 is 20.1 Å². The number of amides is 1. The van der Waals surface area contributed by atoms with Crippen LogP contribution < -0.4 is 0 Å². The number of piperidine rings is 2. The van der Waals surface area contributed by atoms with E-state index < -0.39 is 18.3 Å². The summed E-state index contributed by atoms with van der Waals surface area (Å²) in [5.41, 5.74) is 0.0181. The highest BCUT2D eigenvalue weighted by Crippen LogP contribution is 2.26. The molecule has 0 spiro atoms. The highest BCUT2D eigenvalue weighted by atomic mass is 16.4. The molecule has 0 radical (unpaired) electrons. The summed E-state index contributed by atoms with van der Waals surface area (Å²) < 4.78 is 0. The van der Waals surface area contributed by atoms with Crippen LogP contribution >= 0.6 is 0 Å². The molecule has 140 valence electrons. The van der Waals surface area contributed by atoms with E-state index in [-0.39, 0.29) is 17.4 Å². The van der Waals surface area contributed by atoms with Gasteiger partial charge in [-0.15, -0.1) is 0 Å². The number of carbonyl (C=O) groups excluding carboxylic acids is 1. The molecule has 2 fully saturated rings. The maximum absolute atomic E-state index is 12.3. The van der Waals surface area contributed by atoms with E-state index in [4.69, 9.17) is 0 Å². The van der Waals surface area contributed by atoms with Gasteiger partial charge in [0.2, 0.25) is 5.91 Å². The molecule has 2 heterocycles. The number of nitrogens with zero attached hydrogens (tertiary/aromatic N) is 2. The minimum Gasteiger partial charge on any atom is -0.389 e. The van der Waals surface area contributed by atoms with Crippen molar-refractivity contribution in [2.45, 2.75) is 71.3 Å². The van der Waals surface area contributed by atoms with E-state index in [9.17, 15) is 20.1 Å². The molecule has 2 saturated heterocycles. The zero-order valence-electron chi connectivity index (χ0n) is 15.5. The van der Waals surface area contributed by atoms with Crippen molar-refractivity contribution in [2.24, 2.45) is 11.3 Å². The zero-order chi connectivity index (χ0) is 18.1. The molecule has 0 unspecified atom stereocenters. The first-order chi connectivity index (χ1) is 11.1. The fourth-order valence-corrected chi connectivity index (χ4v) is 3.75. The normalized spacial score (nSPS) is 33.7. The van der Waals surface area contributed by atoms with Gasteiger partial charge in [-0.05, 0) is 31.1 Å². The zero-order valence-corrected chi connectivity index (χ0v) is 15.5. The molecule has 4 atom stereocenters. The van der Waals surface area contributed by atoms with Crippen molar-refractivity contribution in [2.75, 3.05) is 26.2 Å². The van der Waals surface area contributed by atoms with Crippen LogP contribution in [0, 0.1) is 11.3 Å². The fraction of sp³-hybridized carbons (Fsp3) is 0.944. The van der Waals surface area contributed by atoms with Crippen molar-refractivity contribution in [3.05, 3.63) is 0 Å². The molecular weight excluding hydrogens is 308 g/mol. The van der Waals surface area contributed by atoms with Crippen LogP contribution in [-0.2, 0) is 4.79 Å². The lowest BCUT2D eigenvalue weighted by Gasteiger charge is -2.44. The molecule has 6 heteroatoms. The molecule has 0 bridgehead atoms. The number of carbonyl (C=O) groups is 1. The third-order valence-corrected chi connectivity index (χ3v) is 5.38. The van der Waals surface area contributed by atoms with Gasteiger partial charge in [0.1, 0.15) is 6.10 Å². The van der Waals surface area contributed by atoms with Crippen molar-refractivity contribution >= 4 is 5.91 Å². The second kappa shape index (κ2) is 7.68. The van der Waals surface area contributed by atoms with Gasteiger partial charge in [0.15, 0.2) is 0 Å². The number of hydrogen-bond acceptors (Lipinski definition) is 5. The molecule has 0 aliphatic carbocycles. The first-order valence-electron chi connectivity index (χ1n) is 9.14. The SMILES string of the molecule is C[C@@H]1[C@@H](O)[C@H](O)[C@@H](O)CN1CC1CCN(C(=O)CC(C)(C)C)CC1. The van der Waals surface area contributed by atoms with Gasteiger partial charge < -0.3 is 20.2 Å². The lowest BCUT2D eigenvalue weighted by atomic mass is 9.89. The van der Waals surface area contributed by atoms with Gasteiger partial charge in [-0.2, -0.15) is 0 Å². The average Bonchev–Trinajstić information content (AvgIpc) is 2.49. The number of aliphatic hydroxyl groups is 3. The number of likely N-dealkylation sites (tertiary alicyclic amines) is 2. The van der Waals surface area contributed by atoms with Crippen molar-refractivity contribution in [3.63, 3.8) is 0 Å². The first kappa shape index (κ1) is 19.6. The van der Waals surface area contributed by atoms with E-state index in [1.807, 2.05) is 11.8 Å². The van der Waals surface area contributed by atoms with Crippen LogP contribution in [0.2, 0.25) is 0 Å². The van der Waals surface area contributed by atoms with Crippen LogP contribution in [0.5, 0.6) is 0 Å². The second-order valence-corrected chi connectivity index (χ2v) is 8.80. The molecule has 2 aliphatic rings. The van der Waals surface area contributed by atoms with Crippen LogP contribution in [0.4, 0.5) is 0 Å². The predicted molar refractivity (Wildman–Crippen MR) is 92.4 cm³/mol. The monoisotopic (exact) mass is 342 g/mol. The van der Waals surface area contributed by atoms with Crippen LogP contribution in [0.3, 0.4) is 0 Å². The maximum atomic E-state index is 12.3. The van der Waals surface area contributed by atoms with E-state index in [1.165, 1.54) is 0 Å². The number of aliphatic hydroxyl groups excluding tert-OH is 3. The fourth-order valence-electron chi connectivity index (χ4n) is 3.75. The Morgan fingerprint density at radius 1 is 1.08 bits per heavy atom. The summed E-state index contributed by atoms with van der Waals surface area (Å²) >= 11 is 0. The van der Waals surface area contributed by atoms with Crippen LogP contribution in [0.25, 0.3) is 0 Å². The van der Waals surface area contributed by atoms with Gasteiger partial charge in [0, 0.05) is 38.6 Å². The lowest BCUT2D eigenvalue weighted by molar-refractivity contribution is -0.139. The minimum absolute atomic E-state index is 0.0181. The van der Waals surface area contributed by atoms with Gasteiger partial charge in [-0.3, -0.25) is 9.69 Å². The first-order valence-corrected chi connectivity index (χ1v) is 9.14. The van der Waals surface area contributed by atoms with Crippen LogP contribution in [-0.4, -0.2) is 81.6 Å². The van der Waals surface area contributed by atoms with Gasteiger partial charge in [-0.1, -0.05) is 20.8 Å². The van der Waals surface area contributed by atoms with Crippen molar-refractivity contribution in [1.29, 1.82) is 0 Å². The molecule has 2 rings (SSSR count). The Morgan fingerprint density at radius 2 is 1.67 bits per heavy atom.